The van der Waals surface area contributed by atoms with Crippen LogP contribution < -0.4 is 16.4 Å². The summed E-state index contributed by atoms with van der Waals surface area (Å²) < 4.78 is 0. The number of carbonyl (C=O) groups excluding carboxylic acids is 1. The van der Waals surface area contributed by atoms with E-state index in [2.05, 4.69) is 10.6 Å². The molecule has 1 heterocycles. The van der Waals surface area contributed by atoms with Crippen molar-refractivity contribution in [3.8, 4) is 0 Å². The minimum Gasteiger partial charge on any atom is -0.338 e. The zero-order valence-corrected chi connectivity index (χ0v) is 8.28. The maximum atomic E-state index is 11.1. The summed E-state index contributed by atoms with van der Waals surface area (Å²) in [6.45, 7) is 3.02. The van der Waals surface area contributed by atoms with E-state index in [0.29, 0.717) is 13.1 Å². The summed E-state index contributed by atoms with van der Waals surface area (Å²) >= 11 is 1.49. The molecule has 5 heteroatoms. The summed E-state index contributed by atoms with van der Waals surface area (Å²) in [6, 6.07) is 3.59. The number of rotatable bonds is 3. The third-order valence-electron chi connectivity index (χ3n) is 1.44. The first-order valence-electron chi connectivity index (χ1n) is 4.10. The van der Waals surface area contributed by atoms with E-state index in [-0.39, 0.29) is 6.03 Å². The third kappa shape index (κ3) is 3.04. The minimum atomic E-state index is -0.173. The van der Waals surface area contributed by atoms with Gasteiger partial charge in [0.25, 0.3) is 0 Å². The van der Waals surface area contributed by atoms with Crippen LogP contribution in [0.15, 0.2) is 12.1 Å². The van der Waals surface area contributed by atoms with Crippen molar-refractivity contribution in [1.82, 2.24) is 5.32 Å². The second kappa shape index (κ2) is 4.84. The van der Waals surface area contributed by atoms with Crippen LogP contribution in [-0.4, -0.2) is 12.6 Å². The first-order valence-corrected chi connectivity index (χ1v) is 4.91. The summed E-state index contributed by atoms with van der Waals surface area (Å²) in [4.78, 5) is 12.1. The number of nitrogens with one attached hydrogen (secondary N) is 2. The van der Waals surface area contributed by atoms with Crippen LogP contribution in [0.25, 0.3) is 0 Å². The minimum absolute atomic E-state index is 0.173. The summed E-state index contributed by atoms with van der Waals surface area (Å²) in [7, 11) is 0. The van der Waals surface area contributed by atoms with Gasteiger partial charge in [-0.2, -0.15) is 0 Å². The highest BCUT2D eigenvalue weighted by Gasteiger charge is 2.01. The number of hydrogen-bond acceptors (Lipinski definition) is 3. The Hall–Kier alpha value is -1.07. The Balaban J connectivity index is 2.49. The van der Waals surface area contributed by atoms with Gasteiger partial charge in [0.1, 0.15) is 0 Å². The number of hydrogen-bond donors (Lipinski definition) is 3. The van der Waals surface area contributed by atoms with Gasteiger partial charge in [0.15, 0.2) is 0 Å². The summed E-state index contributed by atoms with van der Waals surface area (Å²) in [5, 5.41) is 6.18. The van der Waals surface area contributed by atoms with Crippen LogP contribution in [0.5, 0.6) is 0 Å². The Bertz CT molecular complexity index is 285. The van der Waals surface area contributed by atoms with Crippen molar-refractivity contribution in [3.63, 3.8) is 0 Å². The molecule has 0 aliphatic rings. The first kappa shape index (κ1) is 10.0. The van der Waals surface area contributed by atoms with Crippen molar-refractivity contribution in [2.24, 2.45) is 5.73 Å². The summed E-state index contributed by atoms with van der Waals surface area (Å²) in [5.74, 6) is 0. The molecule has 2 amide bonds. The normalized spacial score (nSPS) is 9.69. The fourth-order valence-corrected chi connectivity index (χ4v) is 1.65. The highest BCUT2D eigenvalue weighted by atomic mass is 32.1. The lowest BCUT2D eigenvalue weighted by Crippen LogP contribution is -2.27. The van der Waals surface area contributed by atoms with Crippen LogP contribution in [0.3, 0.4) is 0 Å². The fourth-order valence-electron chi connectivity index (χ4n) is 0.871. The molecular formula is C8H13N3OS. The van der Waals surface area contributed by atoms with Crippen molar-refractivity contribution >= 4 is 22.4 Å². The van der Waals surface area contributed by atoms with Gasteiger partial charge >= 0.3 is 6.03 Å². The van der Waals surface area contributed by atoms with E-state index in [1.807, 2.05) is 19.1 Å². The zero-order chi connectivity index (χ0) is 9.68. The van der Waals surface area contributed by atoms with Gasteiger partial charge in [0, 0.05) is 18.0 Å². The molecule has 0 aliphatic carbocycles. The van der Waals surface area contributed by atoms with E-state index < -0.39 is 0 Å². The zero-order valence-electron chi connectivity index (χ0n) is 7.46. The molecule has 72 valence electrons. The predicted octanol–water partition coefficient (Wildman–Crippen LogP) is 1.35. The molecular weight excluding hydrogens is 186 g/mol. The summed E-state index contributed by atoms with van der Waals surface area (Å²) in [5.41, 5.74) is 5.43. The standard InChI is InChI=1S/C8H13N3OS/c1-2-10-8(12)11-7-4-3-6(5-9)13-7/h3-4H,2,5,9H2,1H3,(H2,10,11,12). The molecule has 0 saturated heterocycles. The average Bonchev–Trinajstić information content (AvgIpc) is 2.52. The number of urea groups is 1. The molecule has 0 bridgehead atoms. The third-order valence-corrected chi connectivity index (χ3v) is 2.46. The maximum absolute atomic E-state index is 11.1. The lowest BCUT2D eigenvalue weighted by atomic mass is 10.5. The predicted molar refractivity (Wildman–Crippen MR) is 54.9 cm³/mol. The van der Waals surface area contributed by atoms with E-state index in [9.17, 15) is 4.79 Å². The van der Waals surface area contributed by atoms with Gasteiger partial charge in [-0.05, 0) is 19.1 Å². The van der Waals surface area contributed by atoms with Crippen LogP contribution in [0.2, 0.25) is 0 Å². The fraction of sp³-hybridized carbons (Fsp3) is 0.375. The van der Waals surface area contributed by atoms with E-state index in [1.165, 1.54) is 11.3 Å². The molecule has 0 radical (unpaired) electrons. The molecule has 4 nitrogen and oxygen atoms in total. The van der Waals surface area contributed by atoms with Gasteiger partial charge < -0.3 is 11.1 Å². The molecule has 0 unspecified atom stereocenters. The monoisotopic (exact) mass is 199 g/mol. The van der Waals surface area contributed by atoms with Crippen molar-refractivity contribution in [2.45, 2.75) is 13.5 Å². The van der Waals surface area contributed by atoms with E-state index >= 15 is 0 Å². The Labute approximate surface area is 81.1 Å². The molecule has 0 spiro atoms. The van der Waals surface area contributed by atoms with Crippen LogP contribution in [0, 0.1) is 0 Å². The molecule has 13 heavy (non-hydrogen) atoms. The molecule has 0 aliphatic heterocycles. The first-order chi connectivity index (χ1) is 6.26. The van der Waals surface area contributed by atoms with E-state index in [4.69, 9.17) is 5.73 Å². The molecule has 0 fully saturated rings. The van der Waals surface area contributed by atoms with Gasteiger partial charge in [0.05, 0.1) is 5.00 Å². The summed E-state index contributed by atoms with van der Waals surface area (Å²) in [6.07, 6.45) is 0. The van der Waals surface area contributed by atoms with Crippen LogP contribution >= 0.6 is 11.3 Å². The molecule has 0 aromatic carbocycles. The largest absolute Gasteiger partial charge is 0.338 e. The smallest absolute Gasteiger partial charge is 0.319 e. The molecule has 1 aromatic heterocycles. The van der Waals surface area contributed by atoms with Crippen molar-refractivity contribution in [2.75, 3.05) is 11.9 Å². The second-order valence-corrected chi connectivity index (χ2v) is 3.62. The van der Waals surface area contributed by atoms with Gasteiger partial charge in [-0.15, -0.1) is 11.3 Å². The van der Waals surface area contributed by atoms with E-state index in [0.717, 1.165) is 9.88 Å². The number of amides is 2. The van der Waals surface area contributed by atoms with Crippen LogP contribution in [-0.2, 0) is 6.54 Å². The second-order valence-electron chi connectivity index (χ2n) is 2.45. The van der Waals surface area contributed by atoms with Gasteiger partial charge in [-0.3, -0.25) is 5.32 Å². The SMILES string of the molecule is CCNC(=O)Nc1ccc(CN)s1. The van der Waals surface area contributed by atoms with Crippen LogP contribution in [0.1, 0.15) is 11.8 Å². The lowest BCUT2D eigenvalue weighted by molar-refractivity contribution is 0.252. The number of anilines is 1. The lowest BCUT2D eigenvalue weighted by Gasteiger charge is -2.01. The molecule has 0 saturated carbocycles. The van der Waals surface area contributed by atoms with E-state index in [1.54, 1.807) is 0 Å². The molecule has 1 rings (SSSR count). The van der Waals surface area contributed by atoms with Gasteiger partial charge in [0.2, 0.25) is 0 Å². The number of carbonyl (C=O) groups is 1. The topological polar surface area (TPSA) is 67.2 Å². The molecule has 1 aromatic rings. The average molecular weight is 199 g/mol. The highest BCUT2D eigenvalue weighted by Crippen LogP contribution is 2.20. The van der Waals surface area contributed by atoms with Crippen molar-refractivity contribution < 1.29 is 4.79 Å². The van der Waals surface area contributed by atoms with Gasteiger partial charge in [-0.1, -0.05) is 0 Å². The number of thiophene rings is 1. The number of nitrogens with two attached hydrogens (primary N) is 1. The molecule has 4 N–H and O–H groups in total. The highest BCUT2D eigenvalue weighted by molar-refractivity contribution is 7.16. The Morgan fingerprint density at radius 1 is 1.62 bits per heavy atom. The Kier molecular flexibility index (Phi) is 3.72. The molecule has 0 atom stereocenters. The quantitative estimate of drug-likeness (QED) is 0.688. The van der Waals surface area contributed by atoms with Gasteiger partial charge in [-0.25, -0.2) is 4.79 Å². The maximum Gasteiger partial charge on any atom is 0.319 e. The van der Waals surface area contributed by atoms with Crippen LogP contribution in [0.4, 0.5) is 9.80 Å². The van der Waals surface area contributed by atoms with Crippen molar-refractivity contribution in [1.29, 1.82) is 0 Å². The Morgan fingerprint density at radius 2 is 2.38 bits per heavy atom. The van der Waals surface area contributed by atoms with Crippen molar-refractivity contribution in [3.05, 3.63) is 17.0 Å². The Morgan fingerprint density at radius 3 is 2.92 bits per heavy atom.